The van der Waals surface area contributed by atoms with Crippen LogP contribution >= 0.6 is 0 Å². The molecule has 0 unspecified atom stereocenters. The van der Waals surface area contributed by atoms with Crippen LogP contribution < -0.4 is 45.9 Å². The molecule has 0 saturated heterocycles. The van der Waals surface area contributed by atoms with Gasteiger partial charge in [0.1, 0.15) is 0 Å². The molecule has 0 rings (SSSR count). The summed E-state index contributed by atoms with van der Waals surface area (Å²) in [5.74, 6) is -1.99. The molecule has 14 heavy (non-hydrogen) atoms. The standard InChI is InChI=1S/C6H10N2O5.Na/c7-6(12)8-13-5(11)3-1-2-4(9)10;/h1-3H2,(H,9,10)(H3,7,8,12);/q;+1/p-1. The maximum atomic E-state index is 10.6. The van der Waals surface area contributed by atoms with Gasteiger partial charge in [-0.3, -0.25) is 0 Å². The summed E-state index contributed by atoms with van der Waals surface area (Å²) in [6.45, 7) is 0. The molecule has 0 aliphatic rings. The van der Waals surface area contributed by atoms with Crippen molar-refractivity contribution in [3.8, 4) is 0 Å². The van der Waals surface area contributed by atoms with Crippen molar-refractivity contribution in [3.05, 3.63) is 0 Å². The van der Waals surface area contributed by atoms with Gasteiger partial charge in [0.15, 0.2) is 0 Å². The Morgan fingerprint density at radius 1 is 1.29 bits per heavy atom. The molecule has 0 aromatic rings. The average molecular weight is 212 g/mol. The summed E-state index contributed by atoms with van der Waals surface area (Å²) in [5, 5.41) is 9.89. The second-order valence-electron chi connectivity index (χ2n) is 2.17. The van der Waals surface area contributed by atoms with Crippen LogP contribution in [0, 0.1) is 0 Å². The summed E-state index contributed by atoms with van der Waals surface area (Å²) >= 11 is 0. The third-order valence-corrected chi connectivity index (χ3v) is 1.03. The molecule has 0 aliphatic heterocycles. The van der Waals surface area contributed by atoms with Gasteiger partial charge in [0, 0.05) is 12.4 Å². The van der Waals surface area contributed by atoms with Crippen LogP contribution in [0.3, 0.4) is 0 Å². The van der Waals surface area contributed by atoms with Crippen molar-refractivity contribution in [3.63, 3.8) is 0 Å². The normalized spacial score (nSPS) is 8.29. The number of urea groups is 1. The predicted octanol–water partition coefficient (Wildman–Crippen LogP) is -4.96. The summed E-state index contributed by atoms with van der Waals surface area (Å²) in [5.41, 5.74) is 6.20. The van der Waals surface area contributed by atoms with Gasteiger partial charge in [-0.15, -0.1) is 0 Å². The average Bonchev–Trinajstić information content (AvgIpc) is 2.00. The first kappa shape index (κ1) is 15.7. The Kier molecular flexibility index (Phi) is 9.84. The van der Waals surface area contributed by atoms with Crippen LogP contribution in [0.5, 0.6) is 0 Å². The fraction of sp³-hybridized carbons (Fsp3) is 0.500. The minimum Gasteiger partial charge on any atom is -0.550 e. The topological polar surface area (TPSA) is 122 Å². The monoisotopic (exact) mass is 212 g/mol. The molecular formula is C6H9N2NaO5. The zero-order valence-corrected chi connectivity index (χ0v) is 9.74. The van der Waals surface area contributed by atoms with Gasteiger partial charge in [-0.25, -0.2) is 9.59 Å². The van der Waals surface area contributed by atoms with E-state index in [1.165, 1.54) is 0 Å². The van der Waals surface area contributed by atoms with Crippen molar-refractivity contribution >= 4 is 18.0 Å². The van der Waals surface area contributed by atoms with Gasteiger partial charge in [-0.2, -0.15) is 5.48 Å². The number of carboxylic acids is 1. The maximum Gasteiger partial charge on any atom is 1.00 e. The first-order chi connectivity index (χ1) is 6.02. The van der Waals surface area contributed by atoms with Gasteiger partial charge in [0.2, 0.25) is 0 Å². The Bertz CT molecular complexity index is 220. The predicted molar refractivity (Wildman–Crippen MR) is 37.7 cm³/mol. The number of carboxylic acid groups (broad SMARTS) is 1. The van der Waals surface area contributed by atoms with E-state index in [1.54, 1.807) is 5.48 Å². The number of nitrogens with two attached hydrogens (primary N) is 1. The van der Waals surface area contributed by atoms with Crippen molar-refractivity contribution < 1.29 is 53.9 Å². The van der Waals surface area contributed by atoms with Gasteiger partial charge in [0.25, 0.3) is 0 Å². The Balaban J connectivity index is 0. The number of aliphatic carboxylic acids is 1. The Morgan fingerprint density at radius 2 is 1.86 bits per heavy atom. The van der Waals surface area contributed by atoms with Crippen LogP contribution in [0.25, 0.3) is 0 Å². The van der Waals surface area contributed by atoms with E-state index < -0.39 is 18.0 Å². The molecule has 0 atom stereocenters. The Hall–Kier alpha value is -0.790. The summed E-state index contributed by atoms with van der Waals surface area (Å²) in [6.07, 6.45) is -0.248. The molecule has 0 saturated carbocycles. The number of carbonyl (C=O) groups is 3. The summed E-state index contributed by atoms with van der Waals surface area (Å²) < 4.78 is 0. The van der Waals surface area contributed by atoms with E-state index in [0.717, 1.165) is 0 Å². The van der Waals surface area contributed by atoms with Crippen molar-refractivity contribution in [1.29, 1.82) is 0 Å². The zero-order chi connectivity index (χ0) is 10.3. The van der Waals surface area contributed by atoms with Crippen LogP contribution in [0.15, 0.2) is 0 Å². The third-order valence-electron chi connectivity index (χ3n) is 1.03. The molecule has 0 aromatic heterocycles. The summed E-state index contributed by atoms with van der Waals surface area (Å²) in [7, 11) is 0. The molecule has 8 heteroatoms. The fourth-order valence-corrected chi connectivity index (χ4v) is 0.535. The van der Waals surface area contributed by atoms with E-state index in [-0.39, 0.29) is 48.8 Å². The molecule has 3 N–H and O–H groups in total. The molecule has 0 aliphatic carbocycles. The van der Waals surface area contributed by atoms with Crippen molar-refractivity contribution in [2.24, 2.45) is 5.73 Å². The van der Waals surface area contributed by atoms with Crippen LogP contribution in [0.1, 0.15) is 19.3 Å². The number of hydrogen-bond donors (Lipinski definition) is 2. The van der Waals surface area contributed by atoms with Crippen molar-refractivity contribution in [1.82, 2.24) is 5.48 Å². The second-order valence-corrected chi connectivity index (χ2v) is 2.17. The number of primary amides is 1. The number of nitrogens with one attached hydrogen (secondary N) is 1. The van der Waals surface area contributed by atoms with E-state index in [4.69, 9.17) is 0 Å². The number of rotatable bonds is 4. The minimum atomic E-state index is -1.24. The smallest absolute Gasteiger partial charge is 0.550 e. The molecule has 0 fully saturated rings. The minimum absolute atomic E-state index is 0. The summed E-state index contributed by atoms with van der Waals surface area (Å²) in [6, 6.07) is -0.992. The van der Waals surface area contributed by atoms with E-state index >= 15 is 0 Å². The Labute approximate surface area is 102 Å². The van der Waals surface area contributed by atoms with Crippen LogP contribution in [0.2, 0.25) is 0 Å². The quantitative estimate of drug-likeness (QED) is 0.357. The van der Waals surface area contributed by atoms with Gasteiger partial charge in [-0.1, -0.05) is 0 Å². The second kappa shape index (κ2) is 8.79. The molecular weight excluding hydrogens is 203 g/mol. The molecule has 0 spiro atoms. The number of hydrogen-bond acceptors (Lipinski definition) is 5. The first-order valence-electron chi connectivity index (χ1n) is 3.47. The first-order valence-corrected chi connectivity index (χ1v) is 3.47. The van der Waals surface area contributed by atoms with Crippen molar-refractivity contribution in [2.75, 3.05) is 0 Å². The third kappa shape index (κ3) is 11.2. The number of carbonyl (C=O) groups excluding carboxylic acids is 3. The fourth-order valence-electron chi connectivity index (χ4n) is 0.535. The van der Waals surface area contributed by atoms with E-state index in [1.807, 2.05) is 0 Å². The SMILES string of the molecule is NC(=O)NOC(=O)CCCC(=O)[O-].[Na+]. The Morgan fingerprint density at radius 3 is 2.29 bits per heavy atom. The molecule has 0 aromatic carbocycles. The number of amides is 2. The molecule has 0 radical (unpaired) electrons. The maximum absolute atomic E-state index is 10.6. The van der Waals surface area contributed by atoms with Gasteiger partial charge in [0.05, 0.1) is 0 Å². The van der Waals surface area contributed by atoms with E-state index in [0.29, 0.717) is 0 Å². The van der Waals surface area contributed by atoms with Gasteiger partial charge >= 0.3 is 41.6 Å². The van der Waals surface area contributed by atoms with Gasteiger partial charge < -0.3 is 20.5 Å². The largest absolute Gasteiger partial charge is 1.00 e. The van der Waals surface area contributed by atoms with Crippen molar-refractivity contribution in [2.45, 2.75) is 19.3 Å². The van der Waals surface area contributed by atoms with Crippen LogP contribution in [-0.2, 0) is 14.4 Å². The number of hydroxylamine groups is 1. The zero-order valence-electron chi connectivity index (χ0n) is 7.74. The molecule has 0 bridgehead atoms. The molecule has 74 valence electrons. The summed E-state index contributed by atoms with van der Waals surface area (Å²) in [4.78, 5) is 34.6. The van der Waals surface area contributed by atoms with Crippen LogP contribution in [-0.4, -0.2) is 18.0 Å². The van der Waals surface area contributed by atoms with E-state index in [2.05, 4.69) is 10.6 Å². The van der Waals surface area contributed by atoms with Gasteiger partial charge in [-0.05, 0) is 12.8 Å². The van der Waals surface area contributed by atoms with Crippen LogP contribution in [0.4, 0.5) is 4.79 Å². The molecule has 7 nitrogen and oxygen atoms in total. The molecule has 2 amide bonds. The molecule has 0 heterocycles. The van der Waals surface area contributed by atoms with E-state index in [9.17, 15) is 19.5 Å².